The number of aryl methyl sites for hydroxylation is 1. The lowest BCUT2D eigenvalue weighted by Gasteiger charge is -2.26. The van der Waals surface area contributed by atoms with Crippen molar-refractivity contribution in [3.05, 3.63) is 35.9 Å². The number of amides is 1. The van der Waals surface area contributed by atoms with Gasteiger partial charge in [0.1, 0.15) is 11.3 Å². The third-order valence-corrected chi connectivity index (χ3v) is 4.12. The minimum Gasteiger partial charge on any atom is -0.334 e. The lowest BCUT2D eigenvalue weighted by Crippen LogP contribution is -2.40. The van der Waals surface area contributed by atoms with Crippen LogP contribution in [-0.4, -0.2) is 48.0 Å². The van der Waals surface area contributed by atoms with Gasteiger partial charge in [0.25, 0.3) is 5.91 Å². The van der Waals surface area contributed by atoms with Crippen molar-refractivity contribution in [3.63, 3.8) is 0 Å². The number of aromatic nitrogens is 5. The molecule has 0 aromatic carbocycles. The van der Waals surface area contributed by atoms with Gasteiger partial charge in [-0.15, -0.1) is 10.2 Å². The Hall–Kier alpha value is -2.70. The Morgan fingerprint density at radius 3 is 2.82 bits per heavy atom. The summed E-state index contributed by atoms with van der Waals surface area (Å²) in [5.74, 6) is 1.06. The van der Waals surface area contributed by atoms with E-state index in [1.54, 1.807) is 4.90 Å². The monoisotopic (exact) mass is 296 g/mol. The van der Waals surface area contributed by atoms with E-state index in [1.165, 1.54) is 0 Å². The molecule has 4 heterocycles. The molecule has 0 spiro atoms. The quantitative estimate of drug-likeness (QED) is 0.716. The molecule has 1 aliphatic rings. The van der Waals surface area contributed by atoms with Gasteiger partial charge in [0, 0.05) is 25.8 Å². The molecule has 1 aliphatic heterocycles. The second-order valence-electron chi connectivity index (χ2n) is 5.36. The molecular weight excluding hydrogens is 280 g/mol. The van der Waals surface area contributed by atoms with E-state index < -0.39 is 0 Å². The fourth-order valence-corrected chi connectivity index (χ4v) is 3.00. The van der Waals surface area contributed by atoms with E-state index >= 15 is 0 Å². The maximum Gasteiger partial charge on any atom is 0.291 e. The summed E-state index contributed by atoms with van der Waals surface area (Å²) in [4.78, 5) is 18.7. The van der Waals surface area contributed by atoms with Crippen LogP contribution in [0.25, 0.3) is 17.2 Å². The van der Waals surface area contributed by atoms with Gasteiger partial charge in [-0.3, -0.25) is 13.8 Å². The number of carbonyl (C=O) groups is 1. The smallest absolute Gasteiger partial charge is 0.291 e. The van der Waals surface area contributed by atoms with Gasteiger partial charge < -0.3 is 4.90 Å². The molecule has 4 rings (SSSR count). The highest BCUT2D eigenvalue weighted by molar-refractivity contribution is 5.92. The summed E-state index contributed by atoms with van der Waals surface area (Å²) in [6.07, 6.45) is 1.95. The van der Waals surface area contributed by atoms with Crippen LogP contribution < -0.4 is 0 Å². The molecule has 0 aliphatic carbocycles. The van der Waals surface area contributed by atoms with Crippen molar-refractivity contribution < 1.29 is 4.79 Å². The molecule has 0 N–H and O–H groups in total. The van der Waals surface area contributed by atoms with Crippen molar-refractivity contribution in [3.8, 4) is 11.5 Å². The predicted molar refractivity (Wildman–Crippen MR) is 80.5 cm³/mol. The first kappa shape index (κ1) is 13.0. The minimum absolute atomic E-state index is 0.0565. The first-order valence-corrected chi connectivity index (χ1v) is 7.37. The van der Waals surface area contributed by atoms with Crippen LogP contribution in [-0.2, 0) is 6.54 Å². The molecule has 0 fully saturated rings. The molecule has 0 saturated carbocycles. The van der Waals surface area contributed by atoms with E-state index in [0.29, 0.717) is 31.3 Å². The van der Waals surface area contributed by atoms with Crippen LogP contribution in [0.5, 0.6) is 0 Å². The molecular formula is C15H16N6O. The van der Waals surface area contributed by atoms with Gasteiger partial charge in [0.2, 0.25) is 5.82 Å². The summed E-state index contributed by atoms with van der Waals surface area (Å²) >= 11 is 0. The molecule has 112 valence electrons. The van der Waals surface area contributed by atoms with Gasteiger partial charge in [-0.2, -0.15) is 0 Å². The van der Waals surface area contributed by atoms with Crippen LogP contribution in [0.3, 0.4) is 0 Å². The summed E-state index contributed by atoms with van der Waals surface area (Å²) < 4.78 is 3.89. The number of fused-ring (bicyclic) bond motifs is 2. The average Bonchev–Trinajstić information content (AvgIpc) is 3.08. The Kier molecular flexibility index (Phi) is 2.75. The van der Waals surface area contributed by atoms with E-state index in [-0.39, 0.29) is 5.91 Å². The molecule has 3 aromatic heterocycles. The highest BCUT2D eigenvalue weighted by Gasteiger charge is 2.29. The number of hydrogen-bond donors (Lipinski definition) is 0. The molecule has 7 heteroatoms. The molecule has 0 bridgehead atoms. The molecule has 3 aromatic rings. The van der Waals surface area contributed by atoms with Crippen molar-refractivity contribution in [1.82, 2.24) is 29.0 Å². The molecule has 0 unspecified atom stereocenters. The van der Waals surface area contributed by atoms with E-state index in [2.05, 4.69) is 15.2 Å². The first-order valence-electron chi connectivity index (χ1n) is 7.37. The lowest BCUT2D eigenvalue weighted by atomic mass is 10.3. The number of rotatable bonds is 2. The van der Waals surface area contributed by atoms with Crippen molar-refractivity contribution in [2.24, 2.45) is 0 Å². The number of nitrogens with zero attached hydrogens (tertiary/aromatic N) is 6. The summed E-state index contributed by atoms with van der Waals surface area (Å²) in [5, 5.41) is 8.40. The minimum atomic E-state index is -0.0565. The second-order valence-corrected chi connectivity index (χ2v) is 5.36. The Morgan fingerprint density at radius 1 is 1.18 bits per heavy atom. The molecule has 7 nitrogen and oxygen atoms in total. The van der Waals surface area contributed by atoms with Gasteiger partial charge in [0.05, 0.1) is 5.69 Å². The summed E-state index contributed by atoms with van der Waals surface area (Å²) in [6.45, 7) is 6.00. The summed E-state index contributed by atoms with van der Waals surface area (Å²) in [6, 6.07) is 5.86. The Bertz CT molecular complexity index is 877. The standard InChI is InChI=1S/C15H16N6O/c1-3-19-8-9-21-13(17-18-14(21)15(19)22)12-10(2)16-11-6-4-5-7-20(11)12/h4-7H,3,8-9H2,1-2H3. The molecule has 0 atom stereocenters. The summed E-state index contributed by atoms with van der Waals surface area (Å²) in [5.41, 5.74) is 2.64. The van der Waals surface area contributed by atoms with Crippen LogP contribution >= 0.6 is 0 Å². The van der Waals surface area contributed by atoms with Crippen LogP contribution in [0.15, 0.2) is 24.4 Å². The molecule has 0 saturated heterocycles. The Morgan fingerprint density at radius 2 is 2.00 bits per heavy atom. The van der Waals surface area contributed by atoms with Crippen molar-refractivity contribution in [2.75, 3.05) is 13.1 Å². The van der Waals surface area contributed by atoms with Crippen LogP contribution in [0.1, 0.15) is 23.2 Å². The zero-order chi connectivity index (χ0) is 15.3. The normalized spacial score (nSPS) is 14.6. The van der Waals surface area contributed by atoms with E-state index in [9.17, 15) is 4.79 Å². The highest BCUT2D eigenvalue weighted by atomic mass is 16.2. The van der Waals surface area contributed by atoms with Crippen molar-refractivity contribution >= 4 is 11.6 Å². The van der Waals surface area contributed by atoms with Crippen LogP contribution in [0, 0.1) is 6.92 Å². The van der Waals surface area contributed by atoms with Crippen LogP contribution in [0.2, 0.25) is 0 Å². The van der Waals surface area contributed by atoms with Gasteiger partial charge in [-0.25, -0.2) is 4.98 Å². The number of imidazole rings is 1. The molecule has 0 radical (unpaired) electrons. The molecule has 22 heavy (non-hydrogen) atoms. The Labute approximate surface area is 127 Å². The van der Waals surface area contributed by atoms with E-state index in [4.69, 9.17) is 0 Å². The maximum atomic E-state index is 12.4. The Balaban J connectivity index is 1.91. The average molecular weight is 296 g/mol. The van der Waals surface area contributed by atoms with Gasteiger partial charge in [0.15, 0.2) is 5.82 Å². The molecule has 1 amide bonds. The zero-order valence-corrected chi connectivity index (χ0v) is 12.5. The zero-order valence-electron chi connectivity index (χ0n) is 12.5. The van der Waals surface area contributed by atoms with E-state index in [0.717, 1.165) is 17.0 Å². The van der Waals surface area contributed by atoms with Crippen molar-refractivity contribution in [1.29, 1.82) is 0 Å². The lowest BCUT2D eigenvalue weighted by molar-refractivity contribution is 0.0707. The number of hydrogen-bond acceptors (Lipinski definition) is 4. The summed E-state index contributed by atoms with van der Waals surface area (Å²) in [7, 11) is 0. The number of carbonyl (C=O) groups excluding carboxylic acids is 1. The third-order valence-electron chi connectivity index (χ3n) is 4.12. The number of likely N-dealkylation sites (N-methyl/N-ethyl adjacent to an activating group) is 1. The third kappa shape index (κ3) is 1.68. The van der Waals surface area contributed by atoms with Gasteiger partial charge in [-0.05, 0) is 26.0 Å². The van der Waals surface area contributed by atoms with Gasteiger partial charge in [-0.1, -0.05) is 6.07 Å². The number of pyridine rings is 1. The fraction of sp³-hybridized carbons (Fsp3) is 0.333. The van der Waals surface area contributed by atoms with Gasteiger partial charge >= 0.3 is 0 Å². The topological polar surface area (TPSA) is 68.3 Å². The maximum absolute atomic E-state index is 12.4. The highest BCUT2D eigenvalue weighted by Crippen LogP contribution is 2.25. The largest absolute Gasteiger partial charge is 0.334 e. The van der Waals surface area contributed by atoms with E-state index in [1.807, 2.05) is 47.2 Å². The predicted octanol–water partition coefficient (Wildman–Crippen LogP) is 1.38. The fourth-order valence-electron chi connectivity index (χ4n) is 3.00. The first-order chi connectivity index (χ1) is 10.7. The van der Waals surface area contributed by atoms with Crippen LogP contribution in [0.4, 0.5) is 0 Å². The second kappa shape index (κ2) is 4.66. The SMILES string of the molecule is CCN1CCn2c(nnc2-c2c(C)nc3ccccn23)C1=O. The van der Waals surface area contributed by atoms with Crippen molar-refractivity contribution in [2.45, 2.75) is 20.4 Å².